The molecule has 4 nitrogen and oxygen atoms in total. The van der Waals surface area contributed by atoms with Crippen molar-refractivity contribution in [3.05, 3.63) is 0 Å². The van der Waals surface area contributed by atoms with E-state index < -0.39 is 12.0 Å². The number of aliphatic carboxylic acids is 1. The van der Waals surface area contributed by atoms with Crippen LogP contribution in [-0.4, -0.2) is 23.0 Å². The molecular formula is C13H23NO3. The molecular weight excluding hydrogens is 218 g/mol. The van der Waals surface area contributed by atoms with E-state index in [1.807, 2.05) is 13.8 Å². The van der Waals surface area contributed by atoms with Gasteiger partial charge in [0.2, 0.25) is 5.91 Å². The smallest absolute Gasteiger partial charge is 0.326 e. The van der Waals surface area contributed by atoms with Crippen molar-refractivity contribution in [2.45, 2.75) is 52.5 Å². The molecule has 0 aromatic rings. The molecule has 4 heteroatoms. The number of hydrogen-bond donors (Lipinski definition) is 2. The molecule has 3 atom stereocenters. The summed E-state index contributed by atoms with van der Waals surface area (Å²) in [6, 6.07) is -0.767. The molecule has 0 aromatic carbocycles. The summed E-state index contributed by atoms with van der Waals surface area (Å²) < 4.78 is 0. The molecule has 17 heavy (non-hydrogen) atoms. The predicted molar refractivity (Wildman–Crippen MR) is 65.5 cm³/mol. The molecule has 98 valence electrons. The molecule has 1 fully saturated rings. The summed E-state index contributed by atoms with van der Waals surface area (Å²) in [5.41, 5.74) is 0. The molecule has 0 unspecified atom stereocenters. The zero-order chi connectivity index (χ0) is 13.0. The Kier molecular flexibility index (Phi) is 4.97. The van der Waals surface area contributed by atoms with Crippen molar-refractivity contribution in [3.63, 3.8) is 0 Å². The summed E-state index contributed by atoms with van der Waals surface area (Å²) in [5, 5.41) is 11.7. The van der Waals surface area contributed by atoms with Crippen LogP contribution in [0.15, 0.2) is 0 Å². The number of carboxylic acid groups (broad SMARTS) is 1. The summed E-state index contributed by atoms with van der Waals surface area (Å²) in [6.07, 6.45) is 4.20. The number of carbonyl (C=O) groups is 2. The minimum absolute atomic E-state index is 0.00986. The van der Waals surface area contributed by atoms with Crippen LogP contribution in [0, 0.1) is 17.8 Å². The number of nitrogens with one attached hydrogen (secondary N) is 1. The average molecular weight is 241 g/mol. The summed E-state index contributed by atoms with van der Waals surface area (Å²) in [4.78, 5) is 23.1. The van der Waals surface area contributed by atoms with Crippen LogP contribution >= 0.6 is 0 Å². The highest BCUT2D eigenvalue weighted by molar-refractivity contribution is 5.85. The van der Waals surface area contributed by atoms with Crippen molar-refractivity contribution in [1.82, 2.24) is 5.32 Å². The first-order valence-corrected chi connectivity index (χ1v) is 6.46. The number of carboxylic acids is 1. The van der Waals surface area contributed by atoms with E-state index in [-0.39, 0.29) is 17.7 Å². The van der Waals surface area contributed by atoms with E-state index in [9.17, 15) is 9.59 Å². The lowest BCUT2D eigenvalue weighted by Gasteiger charge is -2.29. The molecule has 1 saturated carbocycles. The Balaban J connectivity index is 2.60. The van der Waals surface area contributed by atoms with Crippen LogP contribution in [0.1, 0.15) is 46.5 Å². The Labute approximate surface area is 103 Å². The standard InChI is InChI=1S/C13H23NO3/c1-8(2)11(13(16)17)14-12(15)10-7-5-4-6-9(10)3/h8-11H,4-7H2,1-3H3,(H,14,15)(H,16,17)/t9-,10-,11+/m0/s1. The fourth-order valence-electron chi connectivity index (χ4n) is 2.48. The lowest BCUT2D eigenvalue weighted by molar-refractivity contribution is -0.144. The first-order chi connectivity index (χ1) is 7.93. The molecule has 0 radical (unpaired) electrons. The van der Waals surface area contributed by atoms with Gasteiger partial charge < -0.3 is 10.4 Å². The SMILES string of the molecule is CC(C)[C@@H](NC(=O)[C@H]1CCCC[C@@H]1C)C(=O)O. The van der Waals surface area contributed by atoms with Crippen LogP contribution in [0.25, 0.3) is 0 Å². The second kappa shape index (κ2) is 6.03. The van der Waals surface area contributed by atoms with Crippen molar-refractivity contribution < 1.29 is 14.7 Å². The Morgan fingerprint density at radius 1 is 1.24 bits per heavy atom. The molecule has 1 aliphatic rings. The van der Waals surface area contributed by atoms with Crippen molar-refractivity contribution in [1.29, 1.82) is 0 Å². The Hall–Kier alpha value is -1.06. The summed E-state index contributed by atoms with van der Waals surface area (Å²) in [7, 11) is 0. The zero-order valence-corrected chi connectivity index (χ0v) is 10.9. The van der Waals surface area contributed by atoms with Crippen LogP contribution in [0.5, 0.6) is 0 Å². The Bertz CT molecular complexity index is 288. The van der Waals surface area contributed by atoms with Crippen LogP contribution < -0.4 is 5.32 Å². The predicted octanol–water partition coefficient (Wildman–Crippen LogP) is 2.04. The minimum Gasteiger partial charge on any atom is -0.480 e. The van der Waals surface area contributed by atoms with Gasteiger partial charge in [0.1, 0.15) is 6.04 Å². The number of amides is 1. The topological polar surface area (TPSA) is 66.4 Å². The maximum absolute atomic E-state index is 12.1. The van der Waals surface area contributed by atoms with Crippen LogP contribution in [0.3, 0.4) is 0 Å². The first kappa shape index (κ1) is 14.0. The second-order valence-electron chi connectivity index (χ2n) is 5.44. The van der Waals surface area contributed by atoms with E-state index in [4.69, 9.17) is 5.11 Å². The van der Waals surface area contributed by atoms with E-state index in [2.05, 4.69) is 12.2 Å². The molecule has 1 rings (SSSR count). The quantitative estimate of drug-likeness (QED) is 0.791. The fourth-order valence-corrected chi connectivity index (χ4v) is 2.48. The van der Waals surface area contributed by atoms with E-state index in [0.717, 1.165) is 19.3 Å². The minimum atomic E-state index is -0.947. The molecule has 2 N–H and O–H groups in total. The van der Waals surface area contributed by atoms with Crippen molar-refractivity contribution >= 4 is 11.9 Å². The van der Waals surface area contributed by atoms with Crippen molar-refractivity contribution in [2.75, 3.05) is 0 Å². The zero-order valence-electron chi connectivity index (χ0n) is 10.9. The maximum Gasteiger partial charge on any atom is 0.326 e. The maximum atomic E-state index is 12.1. The number of rotatable bonds is 4. The Morgan fingerprint density at radius 2 is 1.82 bits per heavy atom. The van der Waals surface area contributed by atoms with Crippen molar-refractivity contribution in [2.24, 2.45) is 17.8 Å². The molecule has 0 spiro atoms. The fraction of sp³-hybridized carbons (Fsp3) is 0.846. The molecule has 0 saturated heterocycles. The van der Waals surface area contributed by atoms with E-state index in [1.54, 1.807) is 0 Å². The van der Waals surface area contributed by atoms with Gasteiger partial charge in [-0.3, -0.25) is 4.79 Å². The Morgan fingerprint density at radius 3 is 2.29 bits per heavy atom. The highest BCUT2D eigenvalue weighted by Gasteiger charge is 2.31. The summed E-state index contributed by atoms with van der Waals surface area (Å²) in [5.74, 6) is -0.764. The molecule has 0 heterocycles. The van der Waals surface area contributed by atoms with E-state index in [1.165, 1.54) is 6.42 Å². The largest absolute Gasteiger partial charge is 0.480 e. The molecule has 0 aromatic heterocycles. The number of carbonyl (C=O) groups excluding carboxylic acids is 1. The van der Waals surface area contributed by atoms with E-state index in [0.29, 0.717) is 5.92 Å². The third-order valence-electron chi connectivity index (χ3n) is 3.68. The van der Waals surface area contributed by atoms with Crippen molar-refractivity contribution in [3.8, 4) is 0 Å². The van der Waals surface area contributed by atoms with Gasteiger partial charge in [0, 0.05) is 5.92 Å². The molecule has 1 amide bonds. The number of hydrogen-bond acceptors (Lipinski definition) is 2. The monoisotopic (exact) mass is 241 g/mol. The van der Waals surface area contributed by atoms with Gasteiger partial charge in [-0.1, -0.05) is 33.6 Å². The van der Waals surface area contributed by atoms with Gasteiger partial charge in [0.05, 0.1) is 0 Å². The van der Waals surface area contributed by atoms with Gasteiger partial charge in [-0.25, -0.2) is 4.79 Å². The van der Waals surface area contributed by atoms with Crippen LogP contribution in [-0.2, 0) is 9.59 Å². The third kappa shape index (κ3) is 3.72. The van der Waals surface area contributed by atoms with Gasteiger partial charge in [-0.05, 0) is 24.7 Å². The highest BCUT2D eigenvalue weighted by Crippen LogP contribution is 2.29. The van der Waals surface area contributed by atoms with Gasteiger partial charge in [-0.15, -0.1) is 0 Å². The van der Waals surface area contributed by atoms with Gasteiger partial charge in [0.25, 0.3) is 0 Å². The lowest BCUT2D eigenvalue weighted by atomic mass is 9.79. The van der Waals surface area contributed by atoms with Gasteiger partial charge in [0.15, 0.2) is 0 Å². The second-order valence-corrected chi connectivity index (χ2v) is 5.44. The summed E-state index contributed by atoms with van der Waals surface area (Å²) >= 11 is 0. The van der Waals surface area contributed by atoms with E-state index >= 15 is 0 Å². The molecule has 0 aliphatic heterocycles. The third-order valence-corrected chi connectivity index (χ3v) is 3.68. The lowest BCUT2D eigenvalue weighted by Crippen LogP contribution is -2.48. The van der Waals surface area contributed by atoms with Crippen LogP contribution in [0.2, 0.25) is 0 Å². The normalized spacial score (nSPS) is 26.6. The highest BCUT2D eigenvalue weighted by atomic mass is 16.4. The van der Waals surface area contributed by atoms with Gasteiger partial charge in [-0.2, -0.15) is 0 Å². The average Bonchev–Trinajstić information content (AvgIpc) is 2.25. The van der Waals surface area contributed by atoms with Crippen LogP contribution in [0.4, 0.5) is 0 Å². The van der Waals surface area contributed by atoms with Gasteiger partial charge >= 0.3 is 5.97 Å². The summed E-state index contributed by atoms with van der Waals surface area (Å²) in [6.45, 7) is 5.70. The molecule has 1 aliphatic carbocycles. The molecule has 0 bridgehead atoms. The first-order valence-electron chi connectivity index (χ1n) is 6.46.